The van der Waals surface area contributed by atoms with Gasteiger partial charge < -0.3 is 4.90 Å². The topological polar surface area (TPSA) is 57.7 Å². The van der Waals surface area contributed by atoms with Crippen molar-refractivity contribution in [1.82, 2.24) is 9.21 Å². The number of carbonyl (C=O) groups is 1. The van der Waals surface area contributed by atoms with E-state index < -0.39 is 26.7 Å². The van der Waals surface area contributed by atoms with Crippen molar-refractivity contribution in [3.63, 3.8) is 0 Å². The van der Waals surface area contributed by atoms with Crippen LogP contribution >= 0.6 is 11.6 Å². The fourth-order valence-electron chi connectivity index (χ4n) is 4.04. The standard InChI is InChI=1S/C21H20ClF3N2O3S/c22-18-7-6-17(21(23,24)25)13-19(18)31(29,30)27-10-8-26(9-11-27)20(28)16-5-4-14-2-1-3-15(14)12-16/h4-7,12-13H,1-3,8-11H2. The van der Waals surface area contributed by atoms with Gasteiger partial charge >= 0.3 is 6.18 Å². The van der Waals surface area contributed by atoms with E-state index in [4.69, 9.17) is 11.6 Å². The lowest BCUT2D eigenvalue weighted by Gasteiger charge is -2.34. The van der Waals surface area contributed by atoms with Crippen LogP contribution in [0.2, 0.25) is 5.02 Å². The Balaban J connectivity index is 1.49. The molecule has 2 aliphatic rings. The molecule has 10 heteroatoms. The third-order valence-corrected chi connectivity index (χ3v) is 8.13. The van der Waals surface area contributed by atoms with Crippen LogP contribution in [0, 0.1) is 0 Å². The Bertz CT molecular complexity index is 1130. The number of benzene rings is 2. The second kappa shape index (κ2) is 8.11. The third kappa shape index (κ3) is 4.31. The van der Waals surface area contributed by atoms with Gasteiger partial charge in [0, 0.05) is 31.7 Å². The van der Waals surface area contributed by atoms with Crippen molar-refractivity contribution >= 4 is 27.5 Å². The van der Waals surface area contributed by atoms with Crippen LogP contribution in [0.1, 0.15) is 33.5 Å². The summed E-state index contributed by atoms with van der Waals surface area (Å²) in [6.07, 6.45) is -1.66. The first-order chi connectivity index (χ1) is 14.6. The van der Waals surface area contributed by atoms with Gasteiger partial charge in [-0.05, 0) is 60.7 Å². The number of halogens is 4. The molecule has 0 saturated carbocycles. The molecule has 0 aromatic heterocycles. The summed E-state index contributed by atoms with van der Waals surface area (Å²) in [6.45, 7) is 0.245. The second-order valence-corrected chi connectivity index (χ2v) is 9.99. The van der Waals surface area contributed by atoms with Gasteiger partial charge in [0.1, 0.15) is 4.90 Å². The molecule has 0 bridgehead atoms. The number of aryl methyl sites for hydroxylation is 2. The minimum absolute atomic E-state index is 0.0222. The number of piperazine rings is 1. The maximum Gasteiger partial charge on any atom is 0.416 e. The average molecular weight is 473 g/mol. The highest BCUT2D eigenvalue weighted by Crippen LogP contribution is 2.34. The van der Waals surface area contributed by atoms with E-state index in [0.717, 1.165) is 35.7 Å². The molecular formula is C21H20ClF3N2O3S. The maximum atomic E-state index is 13.0. The molecule has 0 radical (unpaired) electrons. The number of nitrogens with zero attached hydrogens (tertiary/aromatic N) is 2. The van der Waals surface area contributed by atoms with Gasteiger partial charge in [-0.25, -0.2) is 8.42 Å². The molecule has 1 saturated heterocycles. The van der Waals surface area contributed by atoms with Crippen molar-refractivity contribution in [2.75, 3.05) is 26.2 Å². The number of sulfonamides is 1. The molecule has 1 aliphatic heterocycles. The predicted molar refractivity (Wildman–Crippen MR) is 110 cm³/mol. The lowest BCUT2D eigenvalue weighted by atomic mass is 10.1. The Labute approximate surface area is 183 Å². The molecule has 1 heterocycles. The van der Waals surface area contributed by atoms with Crippen LogP contribution in [-0.4, -0.2) is 49.7 Å². The molecule has 1 aliphatic carbocycles. The lowest BCUT2D eigenvalue weighted by molar-refractivity contribution is -0.137. The van der Waals surface area contributed by atoms with Gasteiger partial charge in [-0.1, -0.05) is 17.7 Å². The zero-order valence-corrected chi connectivity index (χ0v) is 18.0. The largest absolute Gasteiger partial charge is 0.416 e. The molecule has 4 rings (SSSR count). The number of alkyl halides is 3. The van der Waals surface area contributed by atoms with Crippen LogP contribution in [0.4, 0.5) is 13.2 Å². The second-order valence-electron chi connectivity index (χ2n) is 7.68. The van der Waals surface area contributed by atoms with E-state index in [2.05, 4.69) is 0 Å². The molecular weight excluding hydrogens is 453 g/mol. The van der Waals surface area contributed by atoms with Gasteiger partial charge in [0.05, 0.1) is 10.6 Å². The normalized spacial score (nSPS) is 17.6. The number of hydrogen-bond acceptors (Lipinski definition) is 3. The number of hydrogen-bond donors (Lipinski definition) is 0. The fourth-order valence-corrected chi connectivity index (χ4v) is 5.96. The summed E-state index contributed by atoms with van der Waals surface area (Å²) in [5.74, 6) is -0.177. The summed E-state index contributed by atoms with van der Waals surface area (Å²) in [6, 6.07) is 7.89. The maximum absolute atomic E-state index is 13.0. The Morgan fingerprint density at radius 3 is 2.29 bits per heavy atom. The van der Waals surface area contributed by atoms with Gasteiger partial charge in [0.15, 0.2) is 0 Å². The van der Waals surface area contributed by atoms with E-state index in [1.807, 2.05) is 12.1 Å². The average Bonchev–Trinajstić information content (AvgIpc) is 3.20. The summed E-state index contributed by atoms with van der Waals surface area (Å²) in [5, 5.41) is -0.273. The van der Waals surface area contributed by atoms with Crippen LogP contribution in [-0.2, 0) is 29.0 Å². The van der Waals surface area contributed by atoms with Crippen LogP contribution in [0.15, 0.2) is 41.3 Å². The first kappa shape index (κ1) is 22.1. The molecule has 2 aromatic rings. The molecule has 2 aromatic carbocycles. The van der Waals surface area contributed by atoms with Gasteiger partial charge in [0.2, 0.25) is 10.0 Å². The Morgan fingerprint density at radius 2 is 1.61 bits per heavy atom. The zero-order chi connectivity index (χ0) is 22.4. The summed E-state index contributed by atoms with van der Waals surface area (Å²) in [7, 11) is -4.23. The first-order valence-corrected chi connectivity index (χ1v) is 11.7. The molecule has 31 heavy (non-hydrogen) atoms. The monoisotopic (exact) mass is 472 g/mol. The number of carbonyl (C=O) groups excluding carboxylic acids is 1. The summed E-state index contributed by atoms with van der Waals surface area (Å²) in [4.78, 5) is 13.8. The van der Waals surface area contributed by atoms with Crippen LogP contribution in [0.25, 0.3) is 0 Å². The van der Waals surface area contributed by atoms with Crippen molar-refractivity contribution in [2.45, 2.75) is 30.3 Å². The van der Waals surface area contributed by atoms with Crippen molar-refractivity contribution in [2.24, 2.45) is 0 Å². The summed E-state index contributed by atoms with van der Waals surface area (Å²) in [5.41, 5.74) is 1.91. The zero-order valence-electron chi connectivity index (χ0n) is 16.5. The highest BCUT2D eigenvalue weighted by Gasteiger charge is 2.36. The fraction of sp³-hybridized carbons (Fsp3) is 0.381. The third-order valence-electron chi connectivity index (χ3n) is 5.75. The van der Waals surface area contributed by atoms with E-state index in [0.29, 0.717) is 11.6 Å². The summed E-state index contributed by atoms with van der Waals surface area (Å²) >= 11 is 5.92. The summed E-state index contributed by atoms with van der Waals surface area (Å²) < 4.78 is 66.0. The van der Waals surface area contributed by atoms with E-state index in [-0.39, 0.29) is 37.1 Å². The molecule has 0 N–H and O–H groups in total. The van der Waals surface area contributed by atoms with E-state index in [1.54, 1.807) is 11.0 Å². The highest BCUT2D eigenvalue weighted by molar-refractivity contribution is 7.89. The van der Waals surface area contributed by atoms with Crippen LogP contribution < -0.4 is 0 Å². The molecule has 166 valence electrons. The quantitative estimate of drug-likeness (QED) is 0.678. The molecule has 0 unspecified atom stereocenters. The van der Waals surface area contributed by atoms with Gasteiger partial charge in [0.25, 0.3) is 5.91 Å². The van der Waals surface area contributed by atoms with E-state index >= 15 is 0 Å². The SMILES string of the molecule is O=C(c1ccc2c(c1)CCC2)N1CCN(S(=O)(=O)c2cc(C(F)(F)F)ccc2Cl)CC1. The molecule has 1 fully saturated rings. The number of fused-ring (bicyclic) bond motifs is 1. The lowest BCUT2D eigenvalue weighted by Crippen LogP contribution is -2.50. The molecule has 5 nitrogen and oxygen atoms in total. The van der Waals surface area contributed by atoms with Crippen LogP contribution in [0.3, 0.4) is 0 Å². The minimum atomic E-state index is -4.68. The molecule has 0 spiro atoms. The Kier molecular flexibility index (Phi) is 5.78. The number of rotatable bonds is 3. The van der Waals surface area contributed by atoms with E-state index in [9.17, 15) is 26.4 Å². The van der Waals surface area contributed by atoms with Crippen molar-refractivity contribution in [3.05, 3.63) is 63.7 Å². The van der Waals surface area contributed by atoms with Gasteiger partial charge in [-0.3, -0.25) is 4.79 Å². The smallest absolute Gasteiger partial charge is 0.336 e. The number of amides is 1. The van der Waals surface area contributed by atoms with Crippen molar-refractivity contribution in [1.29, 1.82) is 0 Å². The predicted octanol–water partition coefficient (Wildman–Crippen LogP) is 3.99. The first-order valence-electron chi connectivity index (χ1n) is 9.85. The Hall–Kier alpha value is -2.10. The van der Waals surface area contributed by atoms with E-state index in [1.165, 1.54) is 11.1 Å². The van der Waals surface area contributed by atoms with Gasteiger partial charge in [-0.15, -0.1) is 0 Å². The van der Waals surface area contributed by atoms with Crippen LogP contribution in [0.5, 0.6) is 0 Å². The molecule has 1 amide bonds. The minimum Gasteiger partial charge on any atom is -0.336 e. The van der Waals surface area contributed by atoms with Crippen molar-refractivity contribution in [3.8, 4) is 0 Å². The Morgan fingerprint density at radius 1 is 0.935 bits per heavy atom. The highest BCUT2D eigenvalue weighted by atomic mass is 35.5. The van der Waals surface area contributed by atoms with Crippen molar-refractivity contribution < 1.29 is 26.4 Å². The van der Waals surface area contributed by atoms with Gasteiger partial charge in [-0.2, -0.15) is 17.5 Å². The molecule has 0 atom stereocenters.